The number of ether oxygens (including phenoxy) is 2. The molecule has 0 saturated carbocycles. The first kappa shape index (κ1) is 16.5. The highest BCUT2D eigenvalue weighted by molar-refractivity contribution is 5.90. The van der Waals surface area contributed by atoms with E-state index >= 15 is 0 Å². The van der Waals surface area contributed by atoms with Crippen molar-refractivity contribution in [2.75, 3.05) is 7.11 Å². The first-order chi connectivity index (χ1) is 10.7. The third kappa shape index (κ3) is 3.66. The zero-order chi connectivity index (χ0) is 15.9. The maximum atomic E-state index is 12.5. The van der Waals surface area contributed by atoms with Gasteiger partial charge in [0.05, 0.1) is 0 Å². The van der Waals surface area contributed by atoms with Crippen LogP contribution in [0, 0.1) is 0 Å². The number of hydrogen-bond donors (Lipinski definition) is 0. The highest BCUT2D eigenvalue weighted by Gasteiger charge is 2.25. The van der Waals surface area contributed by atoms with Crippen molar-refractivity contribution in [2.24, 2.45) is 0 Å². The minimum Gasteiger partial charge on any atom is -0.460 e. The van der Waals surface area contributed by atoms with Crippen LogP contribution in [0.2, 0.25) is 0 Å². The topological polar surface area (TPSA) is 35.5 Å². The molecule has 0 bridgehead atoms. The highest BCUT2D eigenvalue weighted by Crippen LogP contribution is 2.28. The minimum atomic E-state index is -0.683. The Bertz CT molecular complexity index is 616. The minimum absolute atomic E-state index is 0.0369. The molecule has 2 aromatic carbocycles. The lowest BCUT2D eigenvalue weighted by Crippen LogP contribution is -2.24. The number of fused-ring (bicyclic) bond motifs is 1. The average Bonchev–Trinajstić information content (AvgIpc) is 2.55. The fraction of sp³-hybridized carbons (Fsp3) is 0.421. The normalized spacial score (nSPS) is 13.8. The molecule has 0 unspecified atom stereocenters. The van der Waals surface area contributed by atoms with Gasteiger partial charge in [-0.05, 0) is 29.2 Å². The Morgan fingerprint density at radius 1 is 1.09 bits per heavy atom. The molecule has 2 atom stereocenters. The number of esters is 1. The van der Waals surface area contributed by atoms with Crippen molar-refractivity contribution in [2.45, 2.75) is 45.3 Å². The van der Waals surface area contributed by atoms with Gasteiger partial charge in [0.1, 0.15) is 6.10 Å². The Labute approximate surface area is 132 Å². The van der Waals surface area contributed by atoms with Gasteiger partial charge in [0.2, 0.25) is 0 Å². The predicted molar refractivity (Wildman–Crippen MR) is 88.8 cm³/mol. The molecule has 0 amide bonds. The summed E-state index contributed by atoms with van der Waals surface area (Å²) in [6.45, 7) is 4.13. The number of methoxy groups -OCH3 is 1. The third-order valence-electron chi connectivity index (χ3n) is 3.90. The second-order valence-corrected chi connectivity index (χ2v) is 5.44. The summed E-state index contributed by atoms with van der Waals surface area (Å²) in [5.74, 6) is -0.306. The molecule has 0 saturated heterocycles. The molecule has 0 aliphatic carbocycles. The molecule has 0 heterocycles. The van der Waals surface area contributed by atoms with Gasteiger partial charge in [-0.25, -0.2) is 4.79 Å². The third-order valence-corrected chi connectivity index (χ3v) is 3.90. The summed E-state index contributed by atoms with van der Waals surface area (Å²) >= 11 is 0. The van der Waals surface area contributed by atoms with Crippen molar-refractivity contribution in [1.82, 2.24) is 0 Å². The molecule has 118 valence electrons. The molecule has 0 radical (unpaired) electrons. The van der Waals surface area contributed by atoms with Gasteiger partial charge in [0, 0.05) is 7.11 Å². The smallest absolute Gasteiger partial charge is 0.340 e. The number of rotatable bonds is 7. The number of carbonyl (C=O) groups excluding carboxylic acids is 1. The van der Waals surface area contributed by atoms with E-state index in [1.807, 2.05) is 49.4 Å². The fourth-order valence-corrected chi connectivity index (χ4v) is 2.72. The number of benzene rings is 2. The van der Waals surface area contributed by atoms with Crippen molar-refractivity contribution < 1.29 is 14.3 Å². The van der Waals surface area contributed by atoms with E-state index in [4.69, 9.17) is 9.47 Å². The molecular weight excluding hydrogens is 276 g/mol. The van der Waals surface area contributed by atoms with E-state index in [0.29, 0.717) is 0 Å². The Balaban J connectivity index is 2.28. The Morgan fingerprint density at radius 2 is 1.82 bits per heavy atom. The van der Waals surface area contributed by atoms with Gasteiger partial charge in [-0.2, -0.15) is 0 Å². The summed E-state index contributed by atoms with van der Waals surface area (Å²) in [7, 11) is 1.55. The molecule has 0 fully saturated rings. The van der Waals surface area contributed by atoms with Gasteiger partial charge in [-0.15, -0.1) is 0 Å². The van der Waals surface area contributed by atoms with Crippen LogP contribution in [0.1, 0.15) is 44.8 Å². The van der Waals surface area contributed by atoms with Crippen LogP contribution in [0.25, 0.3) is 10.8 Å². The Kier molecular flexibility index (Phi) is 5.96. The van der Waals surface area contributed by atoms with Crippen LogP contribution in [0.15, 0.2) is 42.5 Å². The SMILES string of the molecule is CCC[C@H](CC)OC(=O)[C@H](OC)c1cccc2ccccc12. The van der Waals surface area contributed by atoms with E-state index in [2.05, 4.69) is 6.92 Å². The summed E-state index contributed by atoms with van der Waals surface area (Å²) < 4.78 is 11.1. The van der Waals surface area contributed by atoms with Gasteiger partial charge in [-0.1, -0.05) is 62.7 Å². The lowest BCUT2D eigenvalue weighted by atomic mass is 10.0. The molecule has 0 spiro atoms. The predicted octanol–water partition coefficient (Wildman–Crippen LogP) is 4.65. The quantitative estimate of drug-likeness (QED) is 0.698. The van der Waals surface area contributed by atoms with Crippen LogP contribution in [-0.2, 0) is 14.3 Å². The molecule has 3 heteroatoms. The lowest BCUT2D eigenvalue weighted by molar-refractivity contribution is -0.161. The summed E-state index contributed by atoms with van der Waals surface area (Å²) in [5.41, 5.74) is 0.858. The summed E-state index contributed by atoms with van der Waals surface area (Å²) in [5, 5.41) is 2.12. The van der Waals surface area contributed by atoms with E-state index in [1.165, 1.54) is 0 Å². The van der Waals surface area contributed by atoms with Gasteiger partial charge < -0.3 is 9.47 Å². The van der Waals surface area contributed by atoms with Gasteiger partial charge in [0.25, 0.3) is 0 Å². The van der Waals surface area contributed by atoms with Crippen molar-refractivity contribution >= 4 is 16.7 Å². The van der Waals surface area contributed by atoms with Crippen LogP contribution in [0.4, 0.5) is 0 Å². The maximum Gasteiger partial charge on any atom is 0.340 e. The molecule has 3 nitrogen and oxygen atoms in total. The molecule has 0 N–H and O–H groups in total. The zero-order valence-electron chi connectivity index (χ0n) is 13.5. The molecule has 0 aliphatic rings. The van der Waals surface area contributed by atoms with E-state index in [-0.39, 0.29) is 12.1 Å². The van der Waals surface area contributed by atoms with Crippen LogP contribution >= 0.6 is 0 Å². The van der Waals surface area contributed by atoms with E-state index in [9.17, 15) is 4.79 Å². The molecule has 2 aromatic rings. The molecule has 22 heavy (non-hydrogen) atoms. The largest absolute Gasteiger partial charge is 0.460 e. The van der Waals surface area contributed by atoms with Crippen LogP contribution in [0.3, 0.4) is 0 Å². The van der Waals surface area contributed by atoms with Crippen molar-refractivity contribution in [3.63, 3.8) is 0 Å². The number of carbonyl (C=O) groups is 1. The summed E-state index contributed by atoms with van der Waals surface area (Å²) in [6, 6.07) is 13.9. The van der Waals surface area contributed by atoms with Crippen LogP contribution in [0.5, 0.6) is 0 Å². The summed E-state index contributed by atoms with van der Waals surface area (Å²) in [6.07, 6.45) is 1.99. The average molecular weight is 300 g/mol. The van der Waals surface area contributed by atoms with Crippen molar-refractivity contribution in [1.29, 1.82) is 0 Å². The van der Waals surface area contributed by atoms with Crippen LogP contribution in [-0.4, -0.2) is 19.2 Å². The van der Waals surface area contributed by atoms with E-state index in [1.54, 1.807) is 7.11 Å². The molecule has 2 rings (SSSR count). The fourth-order valence-electron chi connectivity index (χ4n) is 2.72. The van der Waals surface area contributed by atoms with Crippen molar-refractivity contribution in [3.05, 3.63) is 48.0 Å². The van der Waals surface area contributed by atoms with Gasteiger partial charge in [-0.3, -0.25) is 0 Å². The monoisotopic (exact) mass is 300 g/mol. The van der Waals surface area contributed by atoms with Gasteiger partial charge in [0.15, 0.2) is 6.10 Å². The van der Waals surface area contributed by atoms with Crippen LogP contribution < -0.4 is 0 Å². The zero-order valence-corrected chi connectivity index (χ0v) is 13.5. The molecule has 0 aromatic heterocycles. The number of hydrogen-bond acceptors (Lipinski definition) is 3. The van der Waals surface area contributed by atoms with E-state index < -0.39 is 6.10 Å². The van der Waals surface area contributed by atoms with Gasteiger partial charge >= 0.3 is 5.97 Å². The first-order valence-corrected chi connectivity index (χ1v) is 7.92. The van der Waals surface area contributed by atoms with E-state index in [0.717, 1.165) is 35.6 Å². The molecular formula is C19H24O3. The second-order valence-electron chi connectivity index (χ2n) is 5.44. The summed E-state index contributed by atoms with van der Waals surface area (Å²) in [4.78, 5) is 12.5. The van der Waals surface area contributed by atoms with Crippen molar-refractivity contribution in [3.8, 4) is 0 Å². The lowest BCUT2D eigenvalue weighted by Gasteiger charge is -2.21. The Morgan fingerprint density at radius 3 is 2.50 bits per heavy atom. The standard InChI is InChI=1S/C19H24O3/c1-4-9-15(5-2)22-19(20)18(21-3)17-13-8-11-14-10-6-7-12-16(14)17/h6-8,10-13,15,18H,4-5,9H2,1-3H3/t15-,18+/m0/s1. The highest BCUT2D eigenvalue weighted by atomic mass is 16.6. The molecule has 0 aliphatic heterocycles. The first-order valence-electron chi connectivity index (χ1n) is 7.92. The maximum absolute atomic E-state index is 12.5. The second kappa shape index (κ2) is 7.95. The Hall–Kier alpha value is -1.87.